The summed E-state index contributed by atoms with van der Waals surface area (Å²) in [6, 6.07) is 9.26. The number of benzene rings is 4. The summed E-state index contributed by atoms with van der Waals surface area (Å²) in [5.41, 5.74) is 12.6. The van der Waals surface area contributed by atoms with Crippen LogP contribution in [0.5, 0.6) is 46.0 Å². The monoisotopic (exact) mass is 1020 g/mol. The Kier molecular flexibility index (Phi) is 10.9. The molecule has 8 bridgehead atoms. The Morgan fingerprint density at radius 3 is 0.589 bits per heavy atom. The topological polar surface area (TPSA) is 73.8 Å². The molecule has 1 aliphatic carbocycles. The minimum absolute atomic E-state index is 0.119. The standard InChI is InChI=1S/C44H44Br4O8/c1-21-25-13-27-22(2)29-15-31-24(4)32-16-30-23(3)28-14-26(21)38-34(18-46)40(28)52-8-10-54-42(30)36(20-48)44(32)56-12-11-55-43(31)35(19-47)41(29)53-9-7-51-39(27)33(17-45)37(25)49-5-6-50-38/h13-16,21-24H,5-12,17-20H2,1-4H3. The molecule has 0 saturated carbocycles. The highest BCUT2D eigenvalue weighted by Gasteiger charge is 2.37. The van der Waals surface area contributed by atoms with E-state index in [9.17, 15) is 0 Å². The van der Waals surface area contributed by atoms with Gasteiger partial charge in [0.25, 0.3) is 0 Å². The van der Waals surface area contributed by atoms with Crippen LogP contribution in [0.1, 0.15) is 118 Å². The molecule has 0 aromatic heterocycles. The van der Waals surface area contributed by atoms with Gasteiger partial charge in [-0.1, -0.05) is 91.4 Å². The fourth-order valence-corrected chi connectivity index (χ4v) is 11.3. The Morgan fingerprint density at radius 1 is 0.321 bits per heavy atom. The second-order valence-corrected chi connectivity index (χ2v) is 17.2. The lowest BCUT2D eigenvalue weighted by molar-refractivity contribution is 0.200. The number of rotatable bonds is 4. The van der Waals surface area contributed by atoms with Crippen LogP contribution in [0, 0.1) is 0 Å². The van der Waals surface area contributed by atoms with E-state index in [2.05, 4.69) is 116 Å². The fourth-order valence-electron chi connectivity index (χ4n) is 9.24. The Labute approximate surface area is 361 Å². The largest absolute Gasteiger partial charge is 0.489 e. The first-order valence-corrected chi connectivity index (χ1v) is 23.8. The molecule has 0 fully saturated rings. The highest BCUT2D eigenvalue weighted by atomic mass is 79.9. The van der Waals surface area contributed by atoms with Crippen LogP contribution in [-0.2, 0) is 21.3 Å². The van der Waals surface area contributed by atoms with Crippen LogP contribution >= 0.6 is 63.7 Å². The predicted octanol–water partition coefficient (Wildman–Crippen LogP) is 11.3. The molecule has 0 spiro atoms. The fraction of sp³-hybridized carbons (Fsp3) is 0.455. The van der Waals surface area contributed by atoms with Gasteiger partial charge in [0.15, 0.2) is 0 Å². The van der Waals surface area contributed by atoms with E-state index in [1.807, 2.05) is 0 Å². The van der Waals surface area contributed by atoms with Gasteiger partial charge in [0, 0.05) is 112 Å². The van der Waals surface area contributed by atoms with Gasteiger partial charge in [-0.05, 0) is 24.3 Å². The molecule has 4 heterocycles. The molecule has 0 N–H and O–H groups in total. The van der Waals surface area contributed by atoms with E-state index in [-0.39, 0.29) is 23.7 Å². The summed E-state index contributed by atoms with van der Waals surface area (Å²) >= 11 is 15.5. The van der Waals surface area contributed by atoms with E-state index in [0.29, 0.717) is 74.2 Å². The van der Waals surface area contributed by atoms with Crippen molar-refractivity contribution in [2.75, 3.05) is 52.9 Å². The maximum Gasteiger partial charge on any atom is 0.131 e. The Bertz CT molecular complexity index is 1780. The van der Waals surface area contributed by atoms with Gasteiger partial charge in [-0.25, -0.2) is 0 Å². The number of alkyl halides is 4. The van der Waals surface area contributed by atoms with Crippen molar-refractivity contribution in [3.05, 3.63) is 91.0 Å². The van der Waals surface area contributed by atoms with E-state index in [4.69, 9.17) is 37.9 Å². The van der Waals surface area contributed by atoms with E-state index >= 15 is 0 Å². The van der Waals surface area contributed by atoms with Crippen LogP contribution in [0.4, 0.5) is 0 Å². The van der Waals surface area contributed by atoms with Gasteiger partial charge < -0.3 is 37.9 Å². The molecule has 4 aromatic rings. The van der Waals surface area contributed by atoms with E-state index in [0.717, 1.165) is 113 Å². The predicted molar refractivity (Wildman–Crippen MR) is 230 cm³/mol. The summed E-state index contributed by atoms with van der Waals surface area (Å²) in [6.45, 7) is 12.0. The van der Waals surface area contributed by atoms with Crippen molar-refractivity contribution in [3.8, 4) is 46.0 Å². The van der Waals surface area contributed by atoms with E-state index < -0.39 is 0 Å². The SMILES string of the molecule is CC1c2cc3c4c(CBr)c2OCCOc2c1cc1c(c2CBr)OCCOc2c(cc5c(c2CBr)OCCOc2c(cc(c(c2CBr)OCCO4)C3C)C5C)C1C. The molecular weight excluding hydrogens is 976 g/mol. The third kappa shape index (κ3) is 6.12. The third-order valence-corrected chi connectivity index (χ3v) is 14.3. The smallest absolute Gasteiger partial charge is 0.131 e. The Morgan fingerprint density at radius 2 is 0.464 bits per heavy atom. The van der Waals surface area contributed by atoms with E-state index in [1.165, 1.54) is 0 Å². The first kappa shape index (κ1) is 38.7. The van der Waals surface area contributed by atoms with Gasteiger partial charge in [0.2, 0.25) is 0 Å². The zero-order chi connectivity index (χ0) is 38.8. The third-order valence-electron chi connectivity index (χ3n) is 12.1. The molecule has 0 saturated heterocycles. The minimum atomic E-state index is -0.119. The van der Waals surface area contributed by atoms with Crippen LogP contribution in [0.15, 0.2) is 24.3 Å². The highest BCUT2D eigenvalue weighted by molar-refractivity contribution is 9.09. The second kappa shape index (κ2) is 15.8. The van der Waals surface area contributed by atoms with Gasteiger partial charge >= 0.3 is 0 Å². The van der Waals surface area contributed by atoms with Crippen LogP contribution in [0.2, 0.25) is 0 Å². The molecule has 56 heavy (non-hydrogen) atoms. The molecular formula is C44H44Br4O8. The van der Waals surface area contributed by atoms with Gasteiger partial charge in [0.05, 0.1) is 0 Å². The van der Waals surface area contributed by atoms with Gasteiger partial charge in [-0.2, -0.15) is 0 Å². The van der Waals surface area contributed by atoms with Gasteiger partial charge in [-0.15, -0.1) is 0 Å². The molecule has 8 nitrogen and oxygen atoms in total. The number of halogens is 4. The average Bonchev–Trinajstić information content (AvgIpc) is 3.39. The zero-order valence-electron chi connectivity index (χ0n) is 31.9. The number of ether oxygens (including phenoxy) is 8. The van der Waals surface area contributed by atoms with Crippen molar-refractivity contribution in [1.82, 2.24) is 0 Å². The highest BCUT2D eigenvalue weighted by Crippen LogP contribution is 2.56. The second-order valence-electron chi connectivity index (χ2n) is 15.0. The molecule has 0 radical (unpaired) electrons. The summed E-state index contributed by atoms with van der Waals surface area (Å²) in [6.07, 6.45) is 0. The van der Waals surface area contributed by atoms with Crippen molar-refractivity contribution in [2.24, 2.45) is 0 Å². The molecule has 0 unspecified atom stereocenters. The van der Waals surface area contributed by atoms with Crippen LogP contribution in [0.3, 0.4) is 0 Å². The van der Waals surface area contributed by atoms with E-state index in [1.54, 1.807) is 0 Å². The summed E-state index contributed by atoms with van der Waals surface area (Å²) in [4.78, 5) is 0. The lowest BCUT2D eigenvalue weighted by Crippen LogP contribution is -2.14. The molecule has 5 aliphatic rings. The van der Waals surface area contributed by atoms with Crippen molar-refractivity contribution < 1.29 is 37.9 Å². The zero-order valence-corrected chi connectivity index (χ0v) is 38.2. The summed E-state index contributed by atoms with van der Waals surface area (Å²) in [5, 5.41) is 2.22. The summed E-state index contributed by atoms with van der Waals surface area (Å²) in [5.74, 6) is 6.20. The van der Waals surface area contributed by atoms with Crippen LogP contribution in [0.25, 0.3) is 0 Å². The first-order chi connectivity index (χ1) is 27.3. The van der Waals surface area contributed by atoms with Crippen molar-refractivity contribution in [1.29, 1.82) is 0 Å². The van der Waals surface area contributed by atoms with Crippen LogP contribution in [-0.4, -0.2) is 52.9 Å². The van der Waals surface area contributed by atoms with Gasteiger partial charge in [-0.3, -0.25) is 0 Å². The minimum Gasteiger partial charge on any atom is -0.489 e. The van der Waals surface area contributed by atoms with Crippen molar-refractivity contribution in [2.45, 2.75) is 72.7 Å². The quantitative estimate of drug-likeness (QED) is 0.187. The normalized spacial score (nSPS) is 21.7. The maximum absolute atomic E-state index is 6.73. The Hall–Kier alpha value is -2.80. The molecule has 9 rings (SSSR count). The molecule has 4 aliphatic heterocycles. The first-order valence-electron chi connectivity index (χ1n) is 19.4. The molecule has 4 aromatic carbocycles. The molecule has 296 valence electrons. The lowest BCUT2D eigenvalue weighted by Gasteiger charge is -2.30. The average molecular weight is 1020 g/mol. The van der Waals surface area contributed by atoms with Gasteiger partial charge in [0.1, 0.15) is 98.9 Å². The lowest BCUT2D eigenvalue weighted by atomic mass is 9.78. The summed E-state index contributed by atoms with van der Waals surface area (Å²) < 4.78 is 53.8. The molecule has 0 amide bonds. The molecule has 12 heteroatoms. The van der Waals surface area contributed by atoms with Crippen molar-refractivity contribution in [3.63, 3.8) is 0 Å². The molecule has 0 atom stereocenters. The number of hydrogen-bond acceptors (Lipinski definition) is 8. The van der Waals surface area contributed by atoms with Crippen LogP contribution < -0.4 is 37.9 Å². The number of hydrogen-bond donors (Lipinski definition) is 0. The maximum atomic E-state index is 6.73. The van der Waals surface area contributed by atoms with Crippen molar-refractivity contribution >= 4 is 63.7 Å². The summed E-state index contributed by atoms with van der Waals surface area (Å²) in [7, 11) is 0. The Balaban J connectivity index is 1.47.